The summed E-state index contributed by atoms with van der Waals surface area (Å²) in [5.74, 6) is -0.881. The zero-order valence-electron chi connectivity index (χ0n) is 7.91. The highest BCUT2D eigenvalue weighted by molar-refractivity contribution is 8.02. The van der Waals surface area contributed by atoms with Gasteiger partial charge in [-0.2, -0.15) is 0 Å². The predicted molar refractivity (Wildman–Crippen MR) is 55.0 cm³/mol. The van der Waals surface area contributed by atoms with Gasteiger partial charge in [0, 0.05) is 0 Å². The highest BCUT2D eigenvalue weighted by Crippen LogP contribution is 2.15. The molecule has 16 heavy (non-hydrogen) atoms. The van der Waals surface area contributed by atoms with Gasteiger partial charge in [-0.15, -0.1) is 11.8 Å². The summed E-state index contributed by atoms with van der Waals surface area (Å²) in [6.07, 6.45) is -1.33. The number of rotatable bonds is 1. The van der Waals surface area contributed by atoms with Gasteiger partial charge in [0.15, 0.2) is 5.84 Å². The number of hydrogen-bond donors (Lipinski definition) is 5. The molecule has 0 aromatic rings. The average molecular weight is 250 g/mol. The van der Waals surface area contributed by atoms with Crippen LogP contribution in [0.2, 0.25) is 0 Å². The molecule has 0 radical (unpaired) electrons. The maximum atomic E-state index is 10.7. The third-order valence-electron chi connectivity index (χ3n) is 1.26. The normalized spacial score (nSPS) is 21.6. The predicted octanol–water partition coefficient (Wildman–Crippen LogP) is -1.89. The van der Waals surface area contributed by atoms with Crippen molar-refractivity contribution in [2.24, 2.45) is 16.6 Å². The van der Waals surface area contributed by atoms with Gasteiger partial charge >= 0.3 is 6.09 Å². The van der Waals surface area contributed by atoms with Crippen molar-refractivity contribution in [2.75, 3.05) is 5.75 Å². The van der Waals surface area contributed by atoms with Crippen molar-refractivity contribution in [3.63, 3.8) is 0 Å². The molecule has 1 saturated heterocycles. The largest absolute Gasteiger partial charge is 0.465 e. The lowest BCUT2D eigenvalue weighted by Crippen LogP contribution is -2.49. The Balaban J connectivity index is 0.000000487. The second-order valence-corrected chi connectivity index (χ2v) is 3.56. The zero-order valence-corrected chi connectivity index (χ0v) is 8.73. The number of primary amides is 2. The number of nitrogens with zero attached hydrogens (tertiary/aromatic N) is 1. The van der Waals surface area contributed by atoms with Crippen molar-refractivity contribution >= 4 is 35.5 Å². The van der Waals surface area contributed by atoms with Crippen LogP contribution in [-0.2, 0) is 9.59 Å². The number of nitrogens with one attached hydrogen (secondary N) is 1. The maximum absolute atomic E-state index is 10.7. The number of amidine groups is 1. The van der Waals surface area contributed by atoms with E-state index in [4.69, 9.17) is 20.8 Å². The van der Waals surface area contributed by atoms with Crippen LogP contribution in [0.15, 0.2) is 5.16 Å². The molecule has 1 rings (SSSR count). The van der Waals surface area contributed by atoms with Gasteiger partial charge in [0.2, 0.25) is 11.8 Å². The van der Waals surface area contributed by atoms with Crippen molar-refractivity contribution in [2.45, 2.75) is 5.25 Å². The molecule has 1 atom stereocenters. The van der Waals surface area contributed by atoms with Crippen LogP contribution in [0.1, 0.15) is 0 Å². The second kappa shape index (κ2) is 6.50. The standard InChI is InChI=1S/C5H7N3O3S.CH3NO2/c6-4(10)3-5(8-11)7-2(9)1-12-3;2-1(3)4/h3,11H,1H2,(H2,6,10)(H,7,8,9);2H2,(H,3,4). The molecule has 0 bridgehead atoms. The summed E-state index contributed by atoms with van der Waals surface area (Å²) in [5, 5.41) is 19.8. The quantitative estimate of drug-likeness (QED) is 0.269. The van der Waals surface area contributed by atoms with E-state index in [1.807, 2.05) is 0 Å². The van der Waals surface area contributed by atoms with Gasteiger partial charge in [0.05, 0.1) is 5.75 Å². The fourth-order valence-electron chi connectivity index (χ4n) is 0.777. The van der Waals surface area contributed by atoms with Gasteiger partial charge in [0.1, 0.15) is 5.25 Å². The molecule has 90 valence electrons. The minimum atomic E-state index is -1.33. The van der Waals surface area contributed by atoms with Crippen LogP contribution in [0.5, 0.6) is 0 Å². The number of oxime groups is 1. The number of nitrogens with two attached hydrogens (primary N) is 2. The van der Waals surface area contributed by atoms with E-state index in [0.29, 0.717) is 0 Å². The smallest absolute Gasteiger partial charge is 0.402 e. The summed E-state index contributed by atoms with van der Waals surface area (Å²) in [7, 11) is 0. The summed E-state index contributed by atoms with van der Waals surface area (Å²) in [6.45, 7) is 0. The van der Waals surface area contributed by atoms with E-state index in [1.165, 1.54) is 0 Å². The van der Waals surface area contributed by atoms with E-state index in [9.17, 15) is 9.59 Å². The van der Waals surface area contributed by atoms with Crippen LogP contribution in [0.3, 0.4) is 0 Å². The lowest BCUT2D eigenvalue weighted by Gasteiger charge is -2.19. The second-order valence-electron chi connectivity index (χ2n) is 2.47. The average Bonchev–Trinajstić information content (AvgIpc) is 2.16. The minimum absolute atomic E-state index is 0.0937. The Kier molecular flexibility index (Phi) is 5.70. The van der Waals surface area contributed by atoms with E-state index in [1.54, 1.807) is 0 Å². The molecular weight excluding hydrogens is 240 g/mol. The summed E-state index contributed by atoms with van der Waals surface area (Å²) in [6, 6.07) is 0. The fourth-order valence-corrected chi connectivity index (χ4v) is 1.60. The van der Waals surface area contributed by atoms with Crippen LogP contribution in [-0.4, -0.2) is 45.1 Å². The molecule has 1 aliphatic heterocycles. The zero-order chi connectivity index (χ0) is 12.7. The van der Waals surface area contributed by atoms with Gasteiger partial charge in [0.25, 0.3) is 0 Å². The first-order valence-corrected chi connectivity index (χ1v) is 4.84. The Bertz CT molecular complexity index is 327. The van der Waals surface area contributed by atoms with E-state index >= 15 is 0 Å². The summed E-state index contributed by atoms with van der Waals surface area (Å²) in [5.41, 5.74) is 9.00. The molecule has 1 fully saturated rings. The van der Waals surface area contributed by atoms with Crippen LogP contribution in [0.25, 0.3) is 0 Å². The van der Waals surface area contributed by atoms with Crippen LogP contribution in [0, 0.1) is 0 Å². The minimum Gasteiger partial charge on any atom is -0.465 e. The van der Waals surface area contributed by atoms with Crippen molar-refractivity contribution in [3.05, 3.63) is 0 Å². The summed E-state index contributed by atoms with van der Waals surface area (Å²) < 4.78 is 0. The molecule has 0 aliphatic carbocycles. The maximum Gasteiger partial charge on any atom is 0.402 e. The molecular formula is C6H10N4O5S. The molecule has 7 N–H and O–H groups in total. The van der Waals surface area contributed by atoms with E-state index in [2.05, 4.69) is 16.2 Å². The lowest BCUT2D eigenvalue weighted by atomic mass is 10.3. The molecule has 10 heteroatoms. The van der Waals surface area contributed by atoms with E-state index < -0.39 is 17.3 Å². The van der Waals surface area contributed by atoms with Crippen molar-refractivity contribution in [1.82, 2.24) is 5.32 Å². The third kappa shape index (κ3) is 5.05. The molecule has 0 spiro atoms. The first-order valence-electron chi connectivity index (χ1n) is 3.79. The van der Waals surface area contributed by atoms with E-state index in [-0.39, 0.29) is 17.5 Å². The van der Waals surface area contributed by atoms with Gasteiger partial charge in [-0.05, 0) is 0 Å². The Labute approximate surface area is 93.8 Å². The Morgan fingerprint density at radius 2 is 2.00 bits per heavy atom. The van der Waals surface area contributed by atoms with Crippen molar-refractivity contribution in [1.29, 1.82) is 0 Å². The number of carboxylic acid groups (broad SMARTS) is 1. The number of amides is 3. The lowest BCUT2D eigenvalue weighted by molar-refractivity contribution is -0.117. The SMILES string of the molecule is NC(=O)C1SCC(=O)NC1=NO.NC(=O)O. The molecule has 1 aliphatic rings. The number of thioether (sulfide) groups is 1. The van der Waals surface area contributed by atoms with Crippen LogP contribution < -0.4 is 16.8 Å². The molecule has 0 saturated carbocycles. The number of carbonyl (C=O) groups is 3. The first kappa shape index (κ1) is 14.0. The topological polar surface area (TPSA) is 168 Å². The van der Waals surface area contributed by atoms with Crippen LogP contribution in [0.4, 0.5) is 4.79 Å². The molecule has 1 unspecified atom stereocenters. The third-order valence-corrected chi connectivity index (χ3v) is 2.48. The highest BCUT2D eigenvalue weighted by Gasteiger charge is 2.30. The van der Waals surface area contributed by atoms with E-state index in [0.717, 1.165) is 11.8 Å². The summed E-state index contributed by atoms with van der Waals surface area (Å²) in [4.78, 5) is 30.2. The van der Waals surface area contributed by atoms with Gasteiger partial charge in [-0.1, -0.05) is 5.16 Å². The first-order chi connectivity index (χ1) is 7.38. The van der Waals surface area contributed by atoms with Crippen molar-refractivity contribution < 1.29 is 24.7 Å². The number of hydrogen-bond acceptors (Lipinski definition) is 6. The molecule has 0 aromatic heterocycles. The number of carbonyl (C=O) groups excluding carboxylic acids is 2. The molecule has 3 amide bonds. The Morgan fingerprint density at radius 1 is 1.50 bits per heavy atom. The van der Waals surface area contributed by atoms with Gasteiger partial charge < -0.3 is 27.1 Å². The Hall–Kier alpha value is -1.97. The Morgan fingerprint density at radius 3 is 2.38 bits per heavy atom. The van der Waals surface area contributed by atoms with Crippen molar-refractivity contribution in [3.8, 4) is 0 Å². The summed E-state index contributed by atoms with van der Waals surface area (Å²) >= 11 is 1.03. The molecule has 0 aromatic carbocycles. The monoisotopic (exact) mass is 250 g/mol. The molecule has 1 heterocycles. The van der Waals surface area contributed by atoms with Gasteiger partial charge in [-0.3, -0.25) is 9.59 Å². The van der Waals surface area contributed by atoms with Crippen LogP contribution >= 0.6 is 11.8 Å². The highest BCUT2D eigenvalue weighted by atomic mass is 32.2. The molecule has 9 nitrogen and oxygen atoms in total. The fraction of sp³-hybridized carbons (Fsp3) is 0.333. The van der Waals surface area contributed by atoms with Gasteiger partial charge in [-0.25, -0.2) is 4.79 Å².